The number of fused-ring (bicyclic) bond motifs is 1. The first kappa shape index (κ1) is 8.38. The predicted octanol–water partition coefficient (Wildman–Crippen LogP) is 2.81. The number of halogens is 1. The van der Waals surface area contributed by atoms with Gasteiger partial charge in [0, 0.05) is 17.1 Å². The minimum atomic E-state index is 0.624. The van der Waals surface area contributed by atoms with Crippen molar-refractivity contribution in [1.29, 1.82) is 0 Å². The number of pyridine rings is 1. The van der Waals surface area contributed by atoms with Crippen molar-refractivity contribution < 1.29 is 4.79 Å². The van der Waals surface area contributed by atoms with Gasteiger partial charge < -0.3 is 0 Å². The number of hydrogen-bond acceptors (Lipinski definition) is 2. The van der Waals surface area contributed by atoms with Crippen LogP contribution in [0.2, 0.25) is 0 Å². The summed E-state index contributed by atoms with van der Waals surface area (Å²) in [5.74, 6) is 0. The summed E-state index contributed by atoms with van der Waals surface area (Å²) in [5.41, 5.74) is 0.624. The van der Waals surface area contributed by atoms with Crippen LogP contribution in [-0.4, -0.2) is 11.3 Å². The molecule has 2 rings (SSSR count). The third-order valence-electron chi connectivity index (χ3n) is 1.90. The average molecular weight is 236 g/mol. The lowest BCUT2D eigenvalue weighted by Crippen LogP contribution is -1.87. The van der Waals surface area contributed by atoms with Crippen molar-refractivity contribution >= 4 is 33.0 Å². The second-order valence-electron chi connectivity index (χ2n) is 2.67. The summed E-state index contributed by atoms with van der Waals surface area (Å²) >= 11 is 3.33. The van der Waals surface area contributed by atoms with E-state index in [1.54, 1.807) is 6.20 Å². The highest BCUT2D eigenvalue weighted by Crippen LogP contribution is 2.23. The Labute approximate surface area is 83.7 Å². The monoisotopic (exact) mass is 235 g/mol. The number of carbonyl (C=O) groups is 1. The second-order valence-corrected chi connectivity index (χ2v) is 3.42. The minimum absolute atomic E-state index is 0.624. The normalized spacial score (nSPS) is 10.2. The fraction of sp³-hybridized carbons (Fsp3) is 0. The van der Waals surface area contributed by atoms with Crippen LogP contribution in [0.5, 0.6) is 0 Å². The fourth-order valence-corrected chi connectivity index (χ4v) is 1.72. The Kier molecular flexibility index (Phi) is 2.10. The van der Waals surface area contributed by atoms with Gasteiger partial charge in [0.1, 0.15) is 4.60 Å². The lowest BCUT2D eigenvalue weighted by atomic mass is 10.1. The number of benzene rings is 1. The number of nitrogens with zero attached hydrogens (tertiary/aromatic N) is 1. The average Bonchev–Trinajstić information content (AvgIpc) is 2.19. The van der Waals surface area contributed by atoms with Gasteiger partial charge in [-0.2, -0.15) is 0 Å². The van der Waals surface area contributed by atoms with Gasteiger partial charge in [0.15, 0.2) is 6.29 Å². The van der Waals surface area contributed by atoms with Crippen molar-refractivity contribution in [2.75, 3.05) is 0 Å². The second kappa shape index (κ2) is 3.26. The summed E-state index contributed by atoms with van der Waals surface area (Å²) in [6.45, 7) is 0. The van der Waals surface area contributed by atoms with E-state index in [4.69, 9.17) is 0 Å². The molecule has 0 saturated carbocycles. The number of carbonyl (C=O) groups excluding carboxylic acids is 1. The van der Waals surface area contributed by atoms with Crippen LogP contribution in [0.1, 0.15) is 10.4 Å². The van der Waals surface area contributed by atoms with Crippen molar-refractivity contribution in [3.05, 3.63) is 40.6 Å². The molecule has 0 fully saturated rings. The highest BCUT2D eigenvalue weighted by Gasteiger charge is 2.02. The van der Waals surface area contributed by atoms with Gasteiger partial charge in [-0.1, -0.05) is 24.3 Å². The van der Waals surface area contributed by atoms with Crippen molar-refractivity contribution in [2.24, 2.45) is 0 Å². The molecular weight excluding hydrogens is 230 g/mol. The molecule has 1 aromatic heterocycles. The van der Waals surface area contributed by atoms with Gasteiger partial charge in [-0.25, -0.2) is 4.98 Å². The Bertz CT molecular complexity index is 467. The van der Waals surface area contributed by atoms with Gasteiger partial charge >= 0.3 is 0 Å². The molecule has 0 saturated heterocycles. The van der Waals surface area contributed by atoms with Crippen LogP contribution in [0.3, 0.4) is 0 Å². The van der Waals surface area contributed by atoms with Crippen molar-refractivity contribution in [3.8, 4) is 0 Å². The maximum Gasteiger partial charge on any atom is 0.152 e. The molecule has 0 aliphatic carbocycles. The summed E-state index contributed by atoms with van der Waals surface area (Å²) < 4.78 is 0.772. The number of aldehydes is 1. The van der Waals surface area contributed by atoms with E-state index < -0.39 is 0 Å². The van der Waals surface area contributed by atoms with E-state index >= 15 is 0 Å². The lowest BCUT2D eigenvalue weighted by Gasteiger charge is -2.00. The topological polar surface area (TPSA) is 30.0 Å². The maximum absolute atomic E-state index is 10.7. The van der Waals surface area contributed by atoms with Gasteiger partial charge in [0.2, 0.25) is 0 Å². The van der Waals surface area contributed by atoms with Gasteiger partial charge in [-0.15, -0.1) is 0 Å². The van der Waals surface area contributed by atoms with Crippen molar-refractivity contribution in [1.82, 2.24) is 4.98 Å². The molecule has 0 aliphatic rings. The van der Waals surface area contributed by atoms with Gasteiger partial charge in [-0.05, 0) is 21.3 Å². The van der Waals surface area contributed by atoms with Crippen LogP contribution in [0.4, 0.5) is 0 Å². The highest BCUT2D eigenvalue weighted by atomic mass is 79.9. The van der Waals surface area contributed by atoms with Crippen molar-refractivity contribution in [3.63, 3.8) is 0 Å². The highest BCUT2D eigenvalue weighted by molar-refractivity contribution is 9.10. The SMILES string of the molecule is O=Cc1cnc(Br)c2ccccc12. The Balaban J connectivity index is 2.92. The standard InChI is InChI=1S/C10H6BrNO/c11-10-9-4-2-1-3-8(9)7(6-13)5-12-10/h1-6H. The van der Waals surface area contributed by atoms with Crippen LogP contribution in [0, 0.1) is 0 Å². The molecule has 0 bridgehead atoms. The number of rotatable bonds is 1. The van der Waals surface area contributed by atoms with Crippen LogP contribution in [0.25, 0.3) is 10.8 Å². The molecule has 64 valence electrons. The Morgan fingerprint density at radius 3 is 2.62 bits per heavy atom. The zero-order valence-electron chi connectivity index (χ0n) is 6.70. The molecule has 2 nitrogen and oxygen atoms in total. The largest absolute Gasteiger partial charge is 0.298 e. The zero-order chi connectivity index (χ0) is 9.26. The molecule has 0 unspecified atom stereocenters. The Morgan fingerprint density at radius 1 is 1.23 bits per heavy atom. The molecule has 1 heterocycles. The maximum atomic E-state index is 10.7. The van der Waals surface area contributed by atoms with Gasteiger partial charge in [0.05, 0.1) is 0 Å². The molecule has 3 heteroatoms. The van der Waals surface area contributed by atoms with E-state index in [0.29, 0.717) is 5.56 Å². The van der Waals surface area contributed by atoms with Crippen LogP contribution >= 0.6 is 15.9 Å². The first-order valence-electron chi connectivity index (χ1n) is 3.81. The summed E-state index contributed by atoms with van der Waals surface area (Å²) in [4.78, 5) is 14.7. The molecule has 1 aromatic carbocycles. The molecule has 0 aliphatic heterocycles. The van der Waals surface area contributed by atoms with E-state index in [9.17, 15) is 4.79 Å². The minimum Gasteiger partial charge on any atom is -0.298 e. The van der Waals surface area contributed by atoms with E-state index in [1.807, 2.05) is 24.3 Å². The van der Waals surface area contributed by atoms with Crippen LogP contribution in [-0.2, 0) is 0 Å². The predicted molar refractivity (Wildman–Crippen MR) is 54.8 cm³/mol. The molecule has 0 N–H and O–H groups in total. The quantitative estimate of drug-likeness (QED) is 0.562. The molecule has 13 heavy (non-hydrogen) atoms. The molecule has 0 atom stereocenters. The zero-order valence-corrected chi connectivity index (χ0v) is 8.28. The van der Waals surface area contributed by atoms with Gasteiger partial charge in [0.25, 0.3) is 0 Å². The summed E-state index contributed by atoms with van der Waals surface area (Å²) in [6.07, 6.45) is 2.39. The molecule has 0 spiro atoms. The number of aromatic nitrogens is 1. The van der Waals surface area contributed by atoms with E-state index in [0.717, 1.165) is 21.7 Å². The van der Waals surface area contributed by atoms with Crippen molar-refractivity contribution in [2.45, 2.75) is 0 Å². The van der Waals surface area contributed by atoms with Crippen LogP contribution in [0.15, 0.2) is 35.1 Å². The first-order chi connectivity index (χ1) is 6.33. The molecule has 2 aromatic rings. The third-order valence-corrected chi connectivity index (χ3v) is 2.54. The van der Waals surface area contributed by atoms with Gasteiger partial charge in [-0.3, -0.25) is 4.79 Å². The Morgan fingerprint density at radius 2 is 1.92 bits per heavy atom. The lowest BCUT2D eigenvalue weighted by molar-refractivity contribution is 0.112. The van der Waals surface area contributed by atoms with E-state index in [2.05, 4.69) is 20.9 Å². The van der Waals surface area contributed by atoms with E-state index in [-0.39, 0.29) is 0 Å². The van der Waals surface area contributed by atoms with E-state index in [1.165, 1.54) is 0 Å². The molecular formula is C10H6BrNO. The molecule has 0 radical (unpaired) electrons. The fourth-order valence-electron chi connectivity index (χ4n) is 1.27. The summed E-state index contributed by atoms with van der Waals surface area (Å²) in [7, 11) is 0. The number of hydrogen-bond donors (Lipinski definition) is 0. The smallest absolute Gasteiger partial charge is 0.152 e. The molecule has 0 amide bonds. The Hall–Kier alpha value is -1.22. The summed E-state index contributed by atoms with van der Waals surface area (Å²) in [5, 5.41) is 1.89. The van der Waals surface area contributed by atoms with Crippen LogP contribution < -0.4 is 0 Å². The third kappa shape index (κ3) is 1.35. The first-order valence-corrected chi connectivity index (χ1v) is 4.60. The summed E-state index contributed by atoms with van der Waals surface area (Å²) in [6, 6.07) is 7.66.